The molecule has 0 bridgehead atoms. The van der Waals surface area contributed by atoms with Crippen molar-refractivity contribution in [1.29, 1.82) is 0 Å². The quantitative estimate of drug-likeness (QED) is 0.152. The van der Waals surface area contributed by atoms with Gasteiger partial charge in [-0.15, -0.1) is 0 Å². The summed E-state index contributed by atoms with van der Waals surface area (Å²) in [5.74, 6) is 0.792. The Morgan fingerprint density at radius 2 is 0.466 bits per heavy atom. The van der Waals surface area contributed by atoms with E-state index < -0.39 is 0 Å². The molecule has 7 aromatic rings. The summed E-state index contributed by atoms with van der Waals surface area (Å²) in [6, 6.07) is 20.9. The molecule has 292 valence electrons. The second-order valence-corrected chi connectivity index (χ2v) is 18.2. The van der Waals surface area contributed by atoms with Gasteiger partial charge in [0.2, 0.25) is 0 Å². The van der Waals surface area contributed by atoms with Crippen molar-refractivity contribution in [3.8, 4) is 22.3 Å². The number of hydrogen-bond acceptors (Lipinski definition) is 2. The number of aromatic nitrogens is 2. The van der Waals surface area contributed by atoms with Crippen molar-refractivity contribution in [2.75, 3.05) is 0 Å². The third-order valence-corrected chi connectivity index (χ3v) is 12.8. The third kappa shape index (κ3) is 8.87. The lowest BCUT2D eigenvalue weighted by Gasteiger charge is -2.25. The molecule has 0 saturated heterocycles. The van der Waals surface area contributed by atoms with E-state index in [2.05, 4.69) is 9.97 Å². The number of pyridine rings is 2. The number of nitrogens with zero attached hydrogens (tertiary/aromatic N) is 2. The topological polar surface area (TPSA) is 25.8 Å². The highest BCUT2D eigenvalue weighted by Gasteiger charge is 2.33. The molecular weight excluding hydrogens is 1030 g/mol. The van der Waals surface area contributed by atoms with Crippen LogP contribution in [0.3, 0.4) is 0 Å². The summed E-state index contributed by atoms with van der Waals surface area (Å²) in [6.45, 7) is 0. The monoisotopic (exact) mass is 1040 g/mol. The van der Waals surface area contributed by atoms with E-state index in [0.717, 1.165) is 11.1 Å². The van der Waals surface area contributed by atoms with E-state index in [4.69, 9.17) is 162 Å². The Morgan fingerprint density at radius 3 is 0.707 bits per heavy atom. The van der Waals surface area contributed by atoms with Crippen molar-refractivity contribution >= 4 is 162 Å². The zero-order valence-electron chi connectivity index (χ0n) is 28.4. The van der Waals surface area contributed by atoms with Gasteiger partial charge in [0.25, 0.3) is 0 Å². The van der Waals surface area contributed by atoms with E-state index in [9.17, 15) is 0 Å². The highest BCUT2D eigenvalue weighted by molar-refractivity contribution is 6.44. The van der Waals surface area contributed by atoms with Crippen LogP contribution in [-0.4, -0.2) is 9.97 Å². The second-order valence-electron chi connectivity index (χ2n) is 12.4. The minimum atomic E-state index is 0.223. The molecule has 0 aliphatic heterocycles. The highest BCUT2D eigenvalue weighted by Crippen LogP contribution is 2.51. The Labute approximate surface area is 403 Å². The number of rotatable bonds is 8. The molecule has 0 N–H and O–H groups in total. The van der Waals surface area contributed by atoms with Crippen LogP contribution in [0.5, 0.6) is 0 Å². The average molecular weight is 1040 g/mol. The minimum Gasteiger partial charge on any atom is -0.262 e. The summed E-state index contributed by atoms with van der Waals surface area (Å²) < 4.78 is 0. The number of hydrogen-bond donors (Lipinski definition) is 0. The Morgan fingerprint density at radius 1 is 0.259 bits per heavy atom. The first kappa shape index (κ1) is 44.5. The lowest BCUT2D eigenvalue weighted by atomic mass is 9.84. The molecular formula is C42H16Cl14N2. The zero-order chi connectivity index (χ0) is 41.7. The first-order valence-corrected chi connectivity index (χ1v) is 21.6. The summed E-state index contributed by atoms with van der Waals surface area (Å²) in [5, 5.41) is 3.54. The Bertz CT molecular complexity index is 2430. The summed E-state index contributed by atoms with van der Waals surface area (Å²) in [6.07, 6.45) is 5.78. The molecule has 0 fully saturated rings. The van der Waals surface area contributed by atoms with Crippen LogP contribution in [0, 0.1) is 11.8 Å². The summed E-state index contributed by atoms with van der Waals surface area (Å²) >= 11 is 94.4. The molecule has 2 nitrogen and oxygen atoms in total. The van der Waals surface area contributed by atoms with Crippen LogP contribution in [-0.2, 0) is 0 Å². The van der Waals surface area contributed by atoms with Crippen molar-refractivity contribution in [3.05, 3.63) is 213 Å². The molecule has 0 aliphatic rings. The van der Waals surface area contributed by atoms with E-state index in [1.807, 2.05) is 24.3 Å². The molecule has 58 heavy (non-hydrogen) atoms. The maximum atomic E-state index is 7.06. The molecule has 5 aromatic carbocycles. The normalized spacial score (nSPS) is 11.6. The molecule has 0 unspecified atom stereocenters. The van der Waals surface area contributed by atoms with E-state index in [1.54, 1.807) is 48.5 Å². The highest BCUT2D eigenvalue weighted by atomic mass is 35.5. The standard InChI is InChI=1S/C42H16Cl14N2/c43-21-9-27(49)37(28(50)10-21)41(39-31(53)13-57-14-32(39)54)35-23(45)5-19(6-24(35)46)17-1-2-18(4-3-17)20-7-25(47)36(26(48)8-20)42(40-33(55)15-58-16-34(40)56)38-29(51)11-22(44)12-30(38)52/h1-16H. The number of benzene rings is 5. The van der Waals surface area contributed by atoms with E-state index in [1.165, 1.54) is 24.8 Å². The molecule has 16 heteroatoms. The van der Waals surface area contributed by atoms with E-state index in [0.29, 0.717) is 66.4 Å². The molecule has 2 radical (unpaired) electrons. The van der Waals surface area contributed by atoms with Crippen molar-refractivity contribution in [3.63, 3.8) is 0 Å². The first-order valence-electron chi connectivity index (χ1n) is 16.3. The van der Waals surface area contributed by atoms with Gasteiger partial charge in [-0.1, -0.05) is 187 Å². The summed E-state index contributed by atoms with van der Waals surface area (Å²) in [5.41, 5.74) is 5.29. The van der Waals surface area contributed by atoms with Gasteiger partial charge >= 0.3 is 0 Å². The molecule has 7 rings (SSSR count). The van der Waals surface area contributed by atoms with Gasteiger partial charge in [0.05, 0.1) is 31.9 Å². The Kier molecular flexibility index (Phi) is 14.1. The predicted octanol–water partition coefficient (Wildman–Crippen LogP) is 19.0. The molecule has 0 atom stereocenters. The van der Waals surface area contributed by atoms with Crippen LogP contribution in [0.25, 0.3) is 22.3 Å². The van der Waals surface area contributed by atoms with Gasteiger partial charge < -0.3 is 0 Å². The van der Waals surface area contributed by atoms with Crippen molar-refractivity contribution < 1.29 is 0 Å². The van der Waals surface area contributed by atoms with Gasteiger partial charge in [-0.3, -0.25) is 9.97 Å². The van der Waals surface area contributed by atoms with Crippen molar-refractivity contribution in [2.24, 2.45) is 0 Å². The zero-order valence-corrected chi connectivity index (χ0v) is 39.0. The van der Waals surface area contributed by atoms with Gasteiger partial charge in [0.15, 0.2) is 0 Å². The fourth-order valence-electron chi connectivity index (χ4n) is 6.42. The van der Waals surface area contributed by atoms with Crippen molar-refractivity contribution in [1.82, 2.24) is 9.97 Å². The Balaban J connectivity index is 1.28. The average Bonchev–Trinajstić information content (AvgIpc) is 3.13. The SMILES string of the molecule is Clc1cc(Cl)c([C](c2c(Cl)cncc2Cl)c2c(Cl)cc(-c3ccc(-c4cc(Cl)c([C](c5c(Cl)cncc5Cl)c5c(Cl)cc(Cl)cc5Cl)c(Cl)c4)cc3)cc2Cl)c(Cl)c1. The minimum absolute atomic E-state index is 0.223. The largest absolute Gasteiger partial charge is 0.262 e. The predicted molar refractivity (Wildman–Crippen MR) is 250 cm³/mol. The third-order valence-electron chi connectivity index (χ3n) is 8.86. The van der Waals surface area contributed by atoms with Crippen LogP contribution in [0.1, 0.15) is 33.4 Å². The van der Waals surface area contributed by atoms with Crippen LogP contribution < -0.4 is 0 Å². The maximum absolute atomic E-state index is 7.06. The molecule has 2 heterocycles. The van der Waals surface area contributed by atoms with Gasteiger partial charge in [0, 0.05) is 108 Å². The molecule has 0 saturated carbocycles. The van der Waals surface area contributed by atoms with Crippen LogP contribution >= 0.6 is 162 Å². The van der Waals surface area contributed by atoms with Gasteiger partial charge in [-0.25, -0.2) is 0 Å². The fraction of sp³-hybridized carbons (Fsp3) is 0. The number of halogens is 14. The van der Waals surface area contributed by atoms with Crippen molar-refractivity contribution in [2.45, 2.75) is 0 Å². The van der Waals surface area contributed by atoms with E-state index >= 15 is 0 Å². The maximum Gasteiger partial charge on any atom is 0.0721 e. The smallest absolute Gasteiger partial charge is 0.0721 e. The lowest BCUT2D eigenvalue weighted by molar-refractivity contribution is 1.20. The van der Waals surface area contributed by atoms with E-state index in [-0.39, 0.29) is 60.3 Å². The summed E-state index contributed by atoms with van der Waals surface area (Å²) in [4.78, 5) is 8.18. The van der Waals surface area contributed by atoms with Crippen LogP contribution in [0.2, 0.25) is 70.3 Å². The van der Waals surface area contributed by atoms with Gasteiger partial charge in [-0.05, 0) is 70.8 Å². The van der Waals surface area contributed by atoms with Crippen LogP contribution in [0.15, 0.2) is 97.6 Å². The Hall–Kier alpha value is -1.54. The summed E-state index contributed by atoms with van der Waals surface area (Å²) in [7, 11) is 0. The lowest BCUT2D eigenvalue weighted by Crippen LogP contribution is -2.10. The molecule has 0 amide bonds. The van der Waals surface area contributed by atoms with Crippen LogP contribution in [0.4, 0.5) is 0 Å². The fourth-order valence-corrected chi connectivity index (χ4v) is 10.9. The first-order chi connectivity index (χ1) is 27.5. The molecule has 0 aliphatic carbocycles. The van der Waals surface area contributed by atoms with Gasteiger partial charge in [0.1, 0.15) is 0 Å². The van der Waals surface area contributed by atoms with Gasteiger partial charge in [-0.2, -0.15) is 0 Å². The molecule has 2 aromatic heterocycles. The molecule has 0 spiro atoms. The second kappa shape index (κ2) is 18.4.